The molecular formula is C13H10N4O4. The first-order valence-corrected chi connectivity index (χ1v) is 5.72. The van der Waals surface area contributed by atoms with Crippen LogP contribution in [0.2, 0.25) is 0 Å². The van der Waals surface area contributed by atoms with E-state index in [1.807, 2.05) is 0 Å². The van der Waals surface area contributed by atoms with Crippen molar-refractivity contribution in [3.63, 3.8) is 0 Å². The Morgan fingerprint density at radius 1 is 1.19 bits per heavy atom. The summed E-state index contributed by atoms with van der Waals surface area (Å²) in [5.41, 5.74) is 1.08. The largest absolute Gasteiger partial charge is 0.300 e. The Morgan fingerprint density at radius 3 is 2.52 bits per heavy atom. The van der Waals surface area contributed by atoms with Crippen LogP contribution in [-0.2, 0) is 0 Å². The van der Waals surface area contributed by atoms with Gasteiger partial charge in [-0.1, -0.05) is 6.58 Å². The van der Waals surface area contributed by atoms with Crippen LogP contribution in [0.4, 0.5) is 5.69 Å². The molecule has 0 aliphatic rings. The summed E-state index contributed by atoms with van der Waals surface area (Å²) >= 11 is 0. The molecule has 0 aliphatic heterocycles. The summed E-state index contributed by atoms with van der Waals surface area (Å²) in [5, 5.41) is 21.1. The molecule has 106 valence electrons. The molecule has 0 saturated carbocycles. The smallest absolute Gasteiger partial charge is 0.286 e. The molecular weight excluding hydrogens is 276 g/mol. The standard InChI is InChI=1S/C13H10N4O4/c1-9(3-4-10(2)16(18)19)12-8-15-7-11(17(20)21)5-6-13(15)14-12/h3-8H,1-2H2/b4-3-. The van der Waals surface area contributed by atoms with Gasteiger partial charge in [0.15, 0.2) is 0 Å². The Hall–Kier alpha value is -3.29. The molecule has 0 saturated heterocycles. The van der Waals surface area contributed by atoms with E-state index in [4.69, 9.17) is 0 Å². The summed E-state index contributed by atoms with van der Waals surface area (Å²) in [6.07, 6.45) is 5.53. The van der Waals surface area contributed by atoms with Crippen LogP contribution in [0.25, 0.3) is 11.2 Å². The van der Waals surface area contributed by atoms with Gasteiger partial charge in [0.05, 0.1) is 21.7 Å². The number of nitrogens with zero attached hydrogens (tertiary/aromatic N) is 4. The molecule has 0 amide bonds. The number of hydrogen-bond donors (Lipinski definition) is 0. The van der Waals surface area contributed by atoms with Crippen molar-refractivity contribution in [1.29, 1.82) is 0 Å². The zero-order valence-corrected chi connectivity index (χ0v) is 10.8. The first kappa shape index (κ1) is 14.1. The number of rotatable bonds is 5. The van der Waals surface area contributed by atoms with Crippen molar-refractivity contribution in [2.45, 2.75) is 0 Å². The Kier molecular flexibility index (Phi) is 3.61. The fourth-order valence-electron chi connectivity index (χ4n) is 1.59. The van der Waals surface area contributed by atoms with Gasteiger partial charge in [-0.15, -0.1) is 0 Å². The Balaban J connectivity index is 2.30. The van der Waals surface area contributed by atoms with E-state index >= 15 is 0 Å². The quantitative estimate of drug-likeness (QED) is 0.477. The topological polar surface area (TPSA) is 104 Å². The first-order valence-electron chi connectivity index (χ1n) is 5.72. The second-order valence-electron chi connectivity index (χ2n) is 4.14. The van der Waals surface area contributed by atoms with Crippen molar-refractivity contribution in [1.82, 2.24) is 9.38 Å². The minimum atomic E-state index is -0.614. The second kappa shape index (κ2) is 5.37. The minimum absolute atomic E-state index is 0.0608. The molecule has 8 nitrogen and oxygen atoms in total. The molecule has 0 N–H and O–H groups in total. The zero-order valence-electron chi connectivity index (χ0n) is 10.8. The van der Waals surface area contributed by atoms with E-state index in [0.29, 0.717) is 16.9 Å². The minimum Gasteiger partial charge on any atom is -0.300 e. The molecule has 0 aromatic carbocycles. The van der Waals surface area contributed by atoms with Crippen LogP contribution in [0.1, 0.15) is 5.69 Å². The lowest BCUT2D eigenvalue weighted by atomic mass is 10.2. The maximum absolute atomic E-state index is 10.7. The van der Waals surface area contributed by atoms with Crippen LogP contribution < -0.4 is 0 Å². The summed E-state index contributed by atoms with van der Waals surface area (Å²) in [5.74, 6) is 0. The summed E-state index contributed by atoms with van der Waals surface area (Å²) in [4.78, 5) is 24.2. The number of pyridine rings is 1. The Bertz CT molecular complexity index is 804. The average Bonchev–Trinajstić information content (AvgIpc) is 2.86. The molecule has 2 rings (SSSR count). The van der Waals surface area contributed by atoms with E-state index in [2.05, 4.69) is 18.1 Å². The van der Waals surface area contributed by atoms with Crippen molar-refractivity contribution in [3.05, 3.63) is 81.5 Å². The normalized spacial score (nSPS) is 10.9. The summed E-state index contributed by atoms with van der Waals surface area (Å²) in [6.45, 7) is 7.01. The highest BCUT2D eigenvalue weighted by Crippen LogP contribution is 2.18. The monoisotopic (exact) mass is 286 g/mol. The van der Waals surface area contributed by atoms with E-state index < -0.39 is 9.85 Å². The van der Waals surface area contributed by atoms with Crippen LogP contribution in [-0.4, -0.2) is 19.2 Å². The van der Waals surface area contributed by atoms with Gasteiger partial charge >= 0.3 is 0 Å². The van der Waals surface area contributed by atoms with Crippen LogP contribution in [0.15, 0.2) is 55.5 Å². The third-order valence-electron chi connectivity index (χ3n) is 2.69. The SMILES string of the molecule is C=C(/C=C\C(=C)[N+](=O)[O-])c1cn2cc([N+](=O)[O-])ccc2n1. The molecule has 0 spiro atoms. The second-order valence-corrected chi connectivity index (χ2v) is 4.14. The van der Waals surface area contributed by atoms with Crippen LogP contribution >= 0.6 is 0 Å². The van der Waals surface area contributed by atoms with E-state index in [-0.39, 0.29) is 11.4 Å². The number of nitro groups is 2. The van der Waals surface area contributed by atoms with Crippen molar-refractivity contribution in [2.24, 2.45) is 0 Å². The van der Waals surface area contributed by atoms with Gasteiger partial charge < -0.3 is 0 Å². The maximum Gasteiger partial charge on any atom is 0.286 e. The number of allylic oxidation sites excluding steroid dienone is 3. The zero-order chi connectivity index (χ0) is 15.6. The third kappa shape index (κ3) is 3.00. The molecule has 2 aromatic rings. The number of imidazole rings is 1. The molecule has 21 heavy (non-hydrogen) atoms. The fourth-order valence-corrected chi connectivity index (χ4v) is 1.59. The molecule has 2 aromatic heterocycles. The van der Waals surface area contributed by atoms with Crippen molar-refractivity contribution >= 4 is 16.9 Å². The molecule has 0 unspecified atom stereocenters. The molecule has 0 bridgehead atoms. The maximum atomic E-state index is 10.7. The lowest BCUT2D eigenvalue weighted by molar-refractivity contribution is -0.418. The fraction of sp³-hybridized carbons (Fsp3) is 0. The lowest BCUT2D eigenvalue weighted by Crippen LogP contribution is -1.92. The highest BCUT2D eigenvalue weighted by molar-refractivity contribution is 5.71. The van der Waals surface area contributed by atoms with Gasteiger partial charge in [-0.05, 0) is 24.3 Å². The third-order valence-corrected chi connectivity index (χ3v) is 2.69. The number of aromatic nitrogens is 2. The van der Waals surface area contributed by atoms with Gasteiger partial charge in [-0.25, -0.2) is 4.98 Å². The van der Waals surface area contributed by atoms with Gasteiger partial charge in [-0.2, -0.15) is 0 Å². The van der Waals surface area contributed by atoms with Gasteiger partial charge in [0.1, 0.15) is 5.65 Å². The number of hydrogen-bond acceptors (Lipinski definition) is 5. The molecule has 2 heterocycles. The van der Waals surface area contributed by atoms with Gasteiger partial charge in [0.25, 0.3) is 11.4 Å². The van der Waals surface area contributed by atoms with E-state index in [1.165, 1.54) is 34.9 Å². The Labute approximate surface area is 118 Å². The summed E-state index contributed by atoms with van der Waals surface area (Å²) in [6, 6.07) is 2.86. The van der Waals surface area contributed by atoms with Crippen LogP contribution in [0, 0.1) is 20.2 Å². The van der Waals surface area contributed by atoms with Crippen LogP contribution in [0.5, 0.6) is 0 Å². The van der Waals surface area contributed by atoms with Crippen molar-refractivity contribution in [2.75, 3.05) is 0 Å². The summed E-state index contributed by atoms with van der Waals surface area (Å²) < 4.78 is 1.49. The average molecular weight is 286 g/mol. The van der Waals surface area contributed by atoms with E-state index in [1.54, 1.807) is 6.20 Å². The van der Waals surface area contributed by atoms with Gasteiger partial charge in [-0.3, -0.25) is 24.6 Å². The lowest BCUT2D eigenvalue weighted by Gasteiger charge is -1.92. The molecule has 0 fully saturated rings. The predicted octanol–water partition coefficient (Wildman–Crippen LogP) is 2.60. The summed E-state index contributed by atoms with van der Waals surface area (Å²) in [7, 11) is 0. The predicted molar refractivity (Wildman–Crippen MR) is 76.2 cm³/mol. The highest BCUT2D eigenvalue weighted by atomic mass is 16.6. The van der Waals surface area contributed by atoms with E-state index in [9.17, 15) is 20.2 Å². The molecule has 0 aliphatic carbocycles. The molecule has 0 radical (unpaired) electrons. The van der Waals surface area contributed by atoms with E-state index in [0.717, 1.165) is 0 Å². The molecule has 8 heteroatoms. The Morgan fingerprint density at radius 2 is 1.90 bits per heavy atom. The first-order chi connectivity index (χ1) is 9.88. The van der Waals surface area contributed by atoms with Crippen molar-refractivity contribution < 1.29 is 9.85 Å². The van der Waals surface area contributed by atoms with Gasteiger partial charge in [0, 0.05) is 18.3 Å². The number of fused-ring (bicyclic) bond motifs is 1. The van der Waals surface area contributed by atoms with Crippen molar-refractivity contribution in [3.8, 4) is 0 Å². The highest BCUT2D eigenvalue weighted by Gasteiger charge is 2.09. The van der Waals surface area contributed by atoms with Crippen LogP contribution in [0.3, 0.4) is 0 Å². The molecule has 0 atom stereocenters. The van der Waals surface area contributed by atoms with Gasteiger partial charge in [0.2, 0.25) is 0 Å².